The van der Waals surface area contributed by atoms with Crippen molar-refractivity contribution in [3.63, 3.8) is 0 Å². The van der Waals surface area contributed by atoms with E-state index in [2.05, 4.69) is 10.3 Å². The Bertz CT molecular complexity index is 473. The maximum Gasteiger partial charge on any atom is 0.407 e. The van der Waals surface area contributed by atoms with E-state index in [1.807, 2.05) is 0 Å². The van der Waals surface area contributed by atoms with Gasteiger partial charge in [0.05, 0.1) is 6.61 Å². The molecule has 1 aromatic heterocycles. The van der Waals surface area contributed by atoms with Gasteiger partial charge >= 0.3 is 6.09 Å². The largest absolute Gasteiger partial charge is 0.444 e. The van der Waals surface area contributed by atoms with E-state index in [1.165, 1.54) is 18.5 Å². The zero-order valence-electron chi connectivity index (χ0n) is 12.4. The van der Waals surface area contributed by atoms with E-state index in [1.54, 1.807) is 20.8 Å². The molecule has 0 radical (unpaired) electrons. The number of amides is 1. The SMILES string of the molecule is CC(C)(C)OC(=O)NCC(O)C(O)c1cncc(CO)c1. The summed E-state index contributed by atoms with van der Waals surface area (Å²) < 4.78 is 5.02. The first kappa shape index (κ1) is 17.4. The number of ether oxygens (including phenoxy) is 1. The average Bonchev–Trinajstić information content (AvgIpc) is 2.42. The summed E-state index contributed by atoms with van der Waals surface area (Å²) in [4.78, 5) is 15.3. The highest BCUT2D eigenvalue weighted by molar-refractivity contribution is 5.67. The van der Waals surface area contributed by atoms with Crippen LogP contribution in [0.15, 0.2) is 18.5 Å². The lowest BCUT2D eigenvalue weighted by atomic mass is 10.0. The number of rotatable bonds is 5. The Labute approximate surface area is 123 Å². The molecule has 0 aliphatic rings. The van der Waals surface area contributed by atoms with Crippen LogP contribution in [0.3, 0.4) is 0 Å². The van der Waals surface area contributed by atoms with Crippen molar-refractivity contribution < 1.29 is 24.9 Å². The topological polar surface area (TPSA) is 112 Å². The van der Waals surface area contributed by atoms with Crippen molar-refractivity contribution >= 4 is 6.09 Å². The van der Waals surface area contributed by atoms with Crippen LogP contribution in [0.2, 0.25) is 0 Å². The van der Waals surface area contributed by atoms with E-state index in [4.69, 9.17) is 9.84 Å². The number of hydrogen-bond acceptors (Lipinski definition) is 6. The zero-order valence-corrected chi connectivity index (χ0v) is 12.4. The van der Waals surface area contributed by atoms with Crippen LogP contribution in [0.5, 0.6) is 0 Å². The lowest BCUT2D eigenvalue weighted by Gasteiger charge is -2.22. The number of pyridine rings is 1. The molecule has 0 fully saturated rings. The third kappa shape index (κ3) is 6.07. The summed E-state index contributed by atoms with van der Waals surface area (Å²) in [5.74, 6) is 0. The first-order valence-electron chi connectivity index (χ1n) is 6.60. The molecule has 21 heavy (non-hydrogen) atoms. The standard InChI is InChI=1S/C14H22N2O5/c1-14(2,3)21-13(20)16-7-11(18)12(19)10-4-9(8-17)5-15-6-10/h4-6,11-12,17-19H,7-8H2,1-3H3,(H,16,20). The van der Waals surface area contributed by atoms with Crippen molar-refractivity contribution in [3.8, 4) is 0 Å². The fraction of sp³-hybridized carbons (Fsp3) is 0.571. The number of nitrogens with zero attached hydrogens (tertiary/aromatic N) is 1. The molecule has 0 saturated heterocycles. The summed E-state index contributed by atoms with van der Waals surface area (Å²) >= 11 is 0. The van der Waals surface area contributed by atoms with Gasteiger partial charge in [-0.05, 0) is 32.4 Å². The van der Waals surface area contributed by atoms with E-state index in [-0.39, 0.29) is 13.2 Å². The summed E-state index contributed by atoms with van der Waals surface area (Å²) in [7, 11) is 0. The van der Waals surface area contributed by atoms with Gasteiger partial charge in [0, 0.05) is 24.5 Å². The smallest absolute Gasteiger partial charge is 0.407 e. The van der Waals surface area contributed by atoms with E-state index >= 15 is 0 Å². The Morgan fingerprint density at radius 3 is 2.62 bits per heavy atom. The van der Waals surface area contributed by atoms with E-state index in [9.17, 15) is 15.0 Å². The predicted molar refractivity (Wildman–Crippen MR) is 75.4 cm³/mol. The molecule has 0 saturated carbocycles. The number of aliphatic hydroxyl groups is 3. The summed E-state index contributed by atoms with van der Waals surface area (Å²) in [6.45, 7) is 4.80. The minimum Gasteiger partial charge on any atom is -0.444 e. The van der Waals surface area contributed by atoms with E-state index < -0.39 is 23.9 Å². The van der Waals surface area contributed by atoms with Crippen LogP contribution in [0.4, 0.5) is 4.79 Å². The lowest BCUT2D eigenvalue weighted by molar-refractivity contribution is 0.0127. The van der Waals surface area contributed by atoms with Crippen LogP contribution in [0, 0.1) is 0 Å². The summed E-state index contributed by atoms with van der Waals surface area (Å²) in [5, 5.41) is 31.2. The van der Waals surface area contributed by atoms with Crippen LogP contribution in [-0.2, 0) is 11.3 Å². The Morgan fingerprint density at radius 1 is 1.38 bits per heavy atom. The van der Waals surface area contributed by atoms with Crippen LogP contribution in [0.1, 0.15) is 38.0 Å². The van der Waals surface area contributed by atoms with E-state index in [0.717, 1.165) is 0 Å². The molecule has 1 amide bonds. The number of carbonyl (C=O) groups is 1. The molecule has 2 atom stereocenters. The Hall–Kier alpha value is -1.70. The Balaban J connectivity index is 2.54. The molecule has 1 aromatic rings. The van der Waals surface area contributed by atoms with Crippen molar-refractivity contribution in [3.05, 3.63) is 29.6 Å². The van der Waals surface area contributed by atoms with Crippen LogP contribution < -0.4 is 5.32 Å². The van der Waals surface area contributed by atoms with Crippen molar-refractivity contribution in [1.29, 1.82) is 0 Å². The Morgan fingerprint density at radius 2 is 2.05 bits per heavy atom. The molecule has 0 aliphatic heterocycles. The second-order valence-corrected chi connectivity index (χ2v) is 5.68. The fourth-order valence-electron chi connectivity index (χ4n) is 1.59. The van der Waals surface area contributed by atoms with Gasteiger partial charge in [0.25, 0.3) is 0 Å². The van der Waals surface area contributed by atoms with Crippen LogP contribution in [0.25, 0.3) is 0 Å². The van der Waals surface area contributed by atoms with Gasteiger partial charge in [0.15, 0.2) is 0 Å². The minimum atomic E-state index is -1.22. The molecular weight excluding hydrogens is 276 g/mol. The lowest BCUT2D eigenvalue weighted by Crippen LogP contribution is -2.38. The van der Waals surface area contributed by atoms with Gasteiger partial charge < -0.3 is 25.4 Å². The molecule has 1 heterocycles. The fourth-order valence-corrected chi connectivity index (χ4v) is 1.59. The number of carbonyl (C=O) groups excluding carboxylic acids is 1. The highest BCUT2D eigenvalue weighted by atomic mass is 16.6. The van der Waals surface area contributed by atoms with E-state index in [0.29, 0.717) is 11.1 Å². The minimum absolute atomic E-state index is 0.167. The van der Waals surface area contributed by atoms with Gasteiger partial charge in [-0.25, -0.2) is 4.79 Å². The van der Waals surface area contributed by atoms with Crippen molar-refractivity contribution in [2.75, 3.05) is 6.54 Å². The molecule has 4 N–H and O–H groups in total. The van der Waals surface area contributed by atoms with Crippen LogP contribution >= 0.6 is 0 Å². The normalized spacial score (nSPS) is 14.4. The molecule has 7 nitrogen and oxygen atoms in total. The summed E-state index contributed by atoms with van der Waals surface area (Å²) in [6, 6.07) is 1.54. The van der Waals surface area contributed by atoms with Crippen molar-refractivity contribution in [2.45, 2.75) is 45.2 Å². The molecule has 0 aromatic carbocycles. The van der Waals surface area contributed by atoms with Gasteiger partial charge in [0.1, 0.15) is 17.8 Å². The van der Waals surface area contributed by atoms with Crippen LogP contribution in [-0.4, -0.2) is 44.6 Å². The number of nitrogens with one attached hydrogen (secondary N) is 1. The van der Waals surface area contributed by atoms with Gasteiger partial charge in [-0.15, -0.1) is 0 Å². The third-order valence-electron chi connectivity index (χ3n) is 2.56. The summed E-state index contributed by atoms with van der Waals surface area (Å²) in [5.41, 5.74) is 0.256. The maximum atomic E-state index is 11.5. The van der Waals surface area contributed by atoms with Gasteiger partial charge in [0.2, 0.25) is 0 Å². The quantitative estimate of drug-likeness (QED) is 0.629. The highest BCUT2D eigenvalue weighted by Gasteiger charge is 2.21. The van der Waals surface area contributed by atoms with Gasteiger partial charge in [-0.3, -0.25) is 4.98 Å². The molecule has 0 bridgehead atoms. The number of hydrogen-bond donors (Lipinski definition) is 4. The molecule has 118 valence electrons. The monoisotopic (exact) mass is 298 g/mol. The van der Waals surface area contributed by atoms with Gasteiger partial charge in [-0.2, -0.15) is 0 Å². The third-order valence-corrected chi connectivity index (χ3v) is 2.56. The van der Waals surface area contributed by atoms with Gasteiger partial charge in [-0.1, -0.05) is 0 Å². The Kier molecular flexibility index (Phi) is 6.07. The van der Waals surface area contributed by atoms with Crippen molar-refractivity contribution in [1.82, 2.24) is 10.3 Å². The first-order valence-corrected chi connectivity index (χ1v) is 6.60. The molecule has 0 aliphatic carbocycles. The second kappa shape index (κ2) is 7.35. The number of aliphatic hydroxyl groups excluding tert-OH is 3. The average molecular weight is 298 g/mol. The maximum absolute atomic E-state index is 11.5. The highest BCUT2D eigenvalue weighted by Crippen LogP contribution is 2.17. The predicted octanol–water partition coefficient (Wildman–Crippen LogP) is 0.493. The second-order valence-electron chi connectivity index (χ2n) is 5.68. The first-order chi connectivity index (χ1) is 9.73. The molecule has 1 rings (SSSR count). The number of aromatic nitrogens is 1. The molecule has 2 unspecified atom stereocenters. The number of alkyl carbamates (subject to hydrolysis) is 1. The molecule has 0 spiro atoms. The van der Waals surface area contributed by atoms with Crippen molar-refractivity contribution in [2.24, 2.45) is 0 Å². The molecule has 7 heteroatoms. The summed E-state index contributed by atoms with van der Waals surface area (Å²) in [6.07, 6.45) is -0.259. The molecular formula is C14H22N2O5. The zero-order chi connectivity index (χ0) is 16.0.